The van der Waals surface area contributed by atoms with Gasteiger partial charge in [0.2, 0.25) is 5.91 Å². The van der Waals surface area contributed by atoms with Crippen LogP contribution in [0.2, 0.25) is 0 Å². The third-order valence-electron chi connectivity index (χ3n) is 7.06. The number of aliphatic hydroxyl groups is 1. The van der Waals surface area contributed by atoms with Gasteiger partial charge in [0.25, 0.3) is 5.91 Å². The SMILES string of the molecule is CCCC(=O)N1CCC(Cc2cc(C(=O)NC[C@H](O)CN3CCc4ccccc4C3)ncn2)CC1. The fourth-order valence-electron chi connectivity index (χ4n) is 5.06. The lowest BCUT2D eigenvalue weighted by Gasteiger charge is -2.32. The van der Waals surface area contributed by atoms with E-state index in [1.807, 2.05) is 17.9 Å². The number of hydrogen-bond donors (Lipinski definition) is 2. The van der Waals surface area contributed by atoms with E-state index in [9.17, 15) is 14.7 Å². The Balaban J connectivity index is 1.21. The van der Waals surface area contributed by atoms with Gasteiger partial charge in [-0.1, -0.05) is 31.2 Å². The van der Waals surface area contributed by atoms with Crippen LogP contribution < -0.4 is 5.32 Å². The number of rotatable bonds is 9. The molecule has 0 bridgehead atoms. The Labute approximate surface area is 207 Å². The Morgan fingerprint density at radius 1 is 1.14 bits per heavy atom. The van der Waals surface area contributed by atoms with Crippen LogP contribution in [0, 0.1) is 5.92 Å². The summed E-state index contributed by atoms with van der Waals surface area (Å²) in [7, 11) is 0. The van der Waals surface area contributed by atoms with Gasteiger partial charge < -0.3 is 15.3 Å². The van der Waals surface area contributed by atoms with E-state index >= 15 is 0 Å². The Morgan fingerprint density at radius 2 is 1.91 bits per heavy atom. The van der Waals surface area contributed by atoms with Crippen LogP contribution in [0.1, 0.15) is 59.9 Å². The maximum atomic E-state index is 12.7. The van der Waals surface area contributed by atoms with E-state index in [4.69, 9.17) is 0 Å². The number of likely N-dealkylation sites (tertiary alicyclic amines) is 1. The number of β-amino-alcohol motifs (C(OH)–C–C–N with tert-alkyl or cyclic N) is 1. The highest BCUT2D eigenvalue weighted by molar-refractivity contribution is 5.92. The summed E-state index contributed by atoms with van der Waals surface area (Å²) in [6.45, 7) is 6.04. The largest absolute Gasteiger partial charge is 0.390 e. The highest BCUT2D eigenvalue weighted by Gasteiger charge is 2.23. The van der Waals surface area contributed by atoms with Crippen molar-refractivity contribution in [1.82, 2.24) is 25.1 Å². The smallest absolute Gasteiger partial charge is 0.270 e. The predicted molar refractivity (Wildman–Crippen MR) is 134 cm³/mol. The molecule has 188 valence electrons. The highest BCUT2D eigenvalue weighted by atomic mass is 16.3. The number of benzene rings is 1. The second-order valence-electron chi connectivity index (χ2n) is 9.79. The summed E-state index contributed by atoms with van der Waals surface area (Å²) in [5.74, 6) is 0.402. The van der Waals surface area contributed by atoms with Gasteiger partial charge in [0, 0.05) is 51.4 Å². The summed E-state index contributed by atoms with van der Waals surface area (Å²) in [6, 6.07) is 10.2. The van der Waals surface area contributed by atoms with Crippen molar-refractivity contribution in [3.63, 3.8) is 0 Å². The minimum Gasteiger partial charge on any atom is -0.390 e. The molecule has 0 spiro atoms. The van der Waals surface area contributed by atoms with Crippen molar-refractivity contribution in [2.45, 2.75) is 58.1 Å². The number of fused-ring (bicyclic) bond motifs is 1. The van der Waals surface area contributed by atoms with Crippen molar-refractivity contribution < 1.29 is 14.7 Å². The lowest BCUT2D eigenvalue weighted by atomic mass is 9.91. The molecule has 0 saturated carbocycles. The van der Waals surface area contributed by atoms with Crippen LogP contribution >= 0.6 is 0 Å². The van der Waals surface area contributed by atoms with E-state index in [1.165, 1.54) is 17.5 Å². The van der Waals surface area contributed by atoms with Crippen molar-refractivity contribution >= 4 is 11.8 Å². The van der Waals surface area contributed by atoms with Crippen molar-refractivity contribution in [2.24, 2.45) is 5.92 Å². The molecule has 0 radical (unpaired) electrons. The zero-order chi connectivity index (χ0) is 24.6. The number of amides is 2. The van der Waals surface area contributed by atoms with Crippen LogP contribution in [0.25, 0.3) is 0 Å². The molecule has 2 aliphatic rings. The summed E-state index contributed by atoms with van der Waals surface area (Å²) in [5, 5.41) is 13.3. The molecular formula is C27H37N5O3. The number of nitrogens with one attached hydrogen (secondary N) is 1. The Bertz CT molecular complexity index is 1010. The highest BCUT2D eigenvalue weighted by Crippen LogP contribution is 2.22. The molecule has 8 heteroatoms. The van der Waals surface area contributed by atoms with Gasteiger partial charge in [-0.2, -0.15) is 0 Å². The van der Waals surface area contributed by atoms with Gasteiger partial charge in [0.15, 0.2) is 0 Å². The van der Waals surface area contributed by atoms with E-state index in [-0.39, 0.29) is 18.4 Å². The van der Waals surface area contributed by atoms with Gasteiger partial charge in [0.1, 0.15) is 12.0 Å². The summed E-state index contributed by atoms with van der Waals surface area (Å²) in [6.07, 6.45) is 5.95. The van der Waals surface area contributed by atoms with E-state index < -0.39 is 6.10 Å². The fraction of sp³-hybridized carbons (Fsp3) is 0.556. The van der Waals surface area contributed by atoms with Crippen molar-refractivity contribution in [2.75, 3.05) is 32.7 Å². The first-order valence-electron chi connectivity index (χ1n) is 12.9. The molecule has 1 fully saturated rings. The molecule has 2 amide bonds. The standard InChI is InChI=1S/C27H37N5O3/c1-2-5-26(34)32-12-8-20(9-13-32)14-23-15-25(30-19-29-23)27(35)28-16-24(33)18-31-11-10-21-6-3-4-7-22(21)17-31/h3-4,6-7,15,19-20,24,33H,2,5,8-14,16-18H2,1H3,(H,28,35)/t24-/m0/s1. The molecule has 0 unspecified atom stereocenters. The Hall–Kier alpha value is -2.84. The minimum absolute atomic E-state index is 0.181. The molecule has 2 aromatic rings. The zero-order valence-corrected chi connectivity index (χ0v) is 20.7. The topological polar surface area (TPSA) is 98.7 Å². The molecule has 1 aromatic carbocycles. The maximum Gasteiger partial charge on any atom is 0.270 e. The molecule has 2 aliphatic heterocycles. The number of carbonyl (C=O) groups is 2. The average molecular weight is 480 g/mol. The molecule has 3 heterocycles. The quantitative estimate of drug-likeness (QED) is 0.572. The molecule has 1 aromatic heterocycles. The van der Waals surface area contributed by atoms with Crippen LogP contribution in [-0.2, 0) is 24.2 Å². The van der Waals surface area contributed by atoms with Gasteiger partial charge in [-0.05, 0) is 55.2 Å². The van der Waals surface area contributed by atoms with Crippen molar-refractivity contribution in [3.8, 4) is 0 Å². The molecule has 35 heavy (non-hydrogen) atoms. The summed E-state index contributed by atoms with van der Waals surface area (Å²) >= 11 is 0. The predicted octanol–water partition coefficient (Wildman–Crippen LogP) is 2.21. The third kappa shape index (κ3) is 7.08. The van der Waals surface area contributed by atoms with Crippen LogP contribution in [-0.4, -0.2) is 75.5 Å². The summed E-state index contributed by atoms with van der Waals surface area (Å²) in [5.41, 5.74) is 3.85. The number of aliphatic hydroxyl groups excluding tert-OH is 1. The molecule has 1 atom stereocenters. The lowest BCUT2D eigenvalue weighted by Crippen LogP contribution is -2.42. The normalized spacial score (nSPS) is 17.6. The molecule has 1 saturated heterocycles. The van der Waals surface area contributed by atoms with Crippen LogP contribution in [0.4, 0.5) is 0 Å². The fourth-order valence-corrected chi connectivity index (χ4v) is 5.06. The number of carbonyl (C=O) groups excluding carboxylic acids is 2. The van der Waals surface area contributed by atoms with Gasteiger partial charge in [-0.25, -0.2) is 9.97 Å². The maximum absolute atomic E-state index is 12.7. The third-order valence-corrected chi connectivity index (χ3v) is 7.06. The van der Waals surface area contributed by atoms with Gasteiger partial charge in [0.05, 0.1) is 6.10 Å². The van der Waals surface area contributed by atoms with Crippen LogP contribution in [0.5, 0.6) is 0 Å². The van der Waals surface area contributed by atoms with Crippen LogP contribution in [0.15, 0.2) is 36.7 Å². The van der Waals surface area contributed by atoms with Gasteiger partial charge in [-0.15, -0.1) is 0 Å². The summed E-state index contributed by atoms with van der Waals surface area (Å²) < 4.78 is 0. The zero-order valence-electron chi connectivity index (χ0n) is 20.7. The Morgan fingerprint density at radius 3 is 2.69 bits per heavy atom. The number of aromatic nitrogens is 2. The van der Waals surface area contributed by atoms with Crippen molar-refractivity contribution in [1.29, 1.82) is 0 Å². The number of hydrogen-bond acceptors (Lipinski definition) is 6. The molecule has 8 nitrogen and oxygen atoms in total. The van der Waals surface area contributed by atoms with Crippen molar-refractivity contribution in [3.05, 3.63) is 59.2 Å². The monoisotopic (exact) mass is 479 g/mol. The number of piperidine rings is 1. The molecule has 4 rings (SSSR count). The van der Waals surface area contributed by atoms with E-state index in [1.54, 1.807) is 6.07 Å². The second-order valence-corrected chi connectivity index (χ2v) is 9.79. The average Bonchev–Trinajstić information content (AvgIpc) is 2.88. The van der Waals surface area contributed by atoms with E-state index in [0.717, 1.165) is 64.0 Å². The second kappa shape index (κ2) is 12.2. The van der Waals surface area contributed by atoms with E-state index in [2.05, 4.69) is 38.4 Å². The molecule has 2 N–H and O–H groups in total. The van der Waals surface area contributed by atoms with Crippen LogP contribution in [0.3, 0.4) is 0 Å². The van der Waals surface area contributed by atoms with Gasteiger partial charge >= 0.3 is 0 Å². The summed E-state index contributed by atoms with van der Waals surface area (Å²) in [4.78, 5) is 37.4. The Kier molecular flexibility index (Phi) is 8.82. The van der Waals surface area contributed by atoms with Gasteiger partial charge in [-0.3, -0.25) is 14.5 Å². The first-order valence-corrected chi connectivity index (χ1v) is 12.9. The van der Waals surface area contributed by atoms with E-state index in [0.29, 0.717) is 24.6 Å². The first kappa shape index (κ1) is 25.3. The molecule has 0 aliphatic carbocycles. The first-order chi connectivity index (χ1) is 17.0. The minimum atomic E-state index is -0.647. The molecular weight excluding hydrogens is 442 g/mol. The number of nitrogens with zero attached hydrogens (tertiary/aromatic N) is 4. The lowest BCUT2D eigenvalue weighted by molar-refractivity contribution is -0.132.